The van der Waals surface area contributed by atoms with Crippen molar-refractivity contribution >= 4 is 5.91 Å². The smallest absolute Gasteiger partial charge is 0.224 e. The zero-order valence-corrected chi connectivity index (χ0v) is 16.8. The van der Waals surface area contributed by atoms with Crippen molar-refractivity contribution in [1.82, 2.24) is 5.32 Å². The van der Waals surface area contributed by atoms with Crippen LogP contribution in [-0.4, -0.2) is 37.4 Å². The molecule has 2 aromatic rings. The Balaban J connectivity index is 1.88. The summed E-state index contributed by atoms with van der Waals surface area (Å²) in [6.45, 7) is 7.84. The van der Waals surface area contributed by atoms with Gasteiger partial charge in [-0.3, -0.25) is 4.79 Å². The van der Waals surface area contributed by atoms with E-state index in [0.29, 0.717) is 38.5 Å². The summed E-state index contributed by atoms with van der Waals surface area (Å²) in [4.78, 5) is 12.2. The topological polar surface area (TPSA) is 77.0 Å². The molecule has 0 saturated carbocycles. The monoisotopic (exact) mass is 387 g/mol. The lowest BCUT2D eigenvalue weighted by Gasteiger charge is -2.13. The molecule has 0 bridgehead atoms. The number of amides is 1. The summed E-state index contributed by atoms with van der Waals surface area (Å²) < 4.78 is 16.6. The van der Waals surface area contributed by atoms with E-state index in [1.165, 1.54) is 0 Å². The van der Waals surface area contributed by atoms with Crippen molar-refractivity contribution < 1.29 is 24.1 Å². The molecule has 1 amide bonds. The van der Waals surface area contributed by atoms with Crippen molar-refractivity contribution in [3.8, 4) is 23.0 Å². The molecule has 0 aromatic heterocycles. The van der Waals surface area contributed by atoms with Gasteiger partial charge in [-0.05, 0) is 62.6 Å². The minimum atomic E-state index is -0.0795. The van der Waals surface area contributed by atoms with Crippen molar-refractivity contribution in [2.45, 2.75) is 33.6 Å². The van der Waals surface area contributed by atoms with E-state index < -0.39 is 0 Å². The molecule has 6 nitrogen and oxygen atoms in total. The number of nitrogens with one attached hydrogen (secondary N) is 1. The molecule has 152 valence electrons. The molecule has 28 heavy (non-hydrogen) atoms. The summed E-state index contributed by atoms with van der Waals surface area (Å²) in [6, 6.07) is 10.8. The molecular weight excluding hydrogens is 358 g/mol. The molecule has 0 heterocycles. The lowest BCUT2D eigenvalue weighted by Crippen LogP contribution is -2.27. The van der Waals surface area contributed by atoms with E-state index in [9.17, 15) is 9.90 Å². The van der Waals surface area contributed by atoms with E-state index in [1.807, 2.05) is 39.0 Å². The van der Waals surface area contributed by atoms with E-state index >= 15 is 0 Å². The maximum atomic E-state index is 12.2. The van der Waals surface area contributed by atoms with Crippen molar-refractivity contribution in [2.75, 3.05) is 26.4 Å². The Hall–Kier alpha value is -2.89. The summed E-state index contributed by atoms with van der Waals surface area (Å²) in [5.74, 6) is 1.84. The highest BCUT2D eigenvalue weighted by Crippen LogP contribution is 2.29. The number of hydrogen-bond acceptors (Lipinski definition) is 5. The van der Waals surface area contributed by atoms with Gasteiger partial charge >= 0.3 is 0 Å². The van der Waals surface area contributed by atoms with Crippen LogP contribution in [0.2, 0.25) is 0 Å². The summed E-state index contributed by atoms with van der Waals surface area (Å²) >= 11 is 0. The number of rotatable bonds is 11. The lowest BCUT2D eigenvalue weighted by molar-refractivity contribution is -0.120. The summed E-state index contributed by atoms with van der Waals surface area (Å²) in [5, 5.41) is 12.7. The van der Waals surface area contributed by atoms with Gasteiger partial charge in [-0.1, -0.05) is 12.1 Å². The average molecular weight is 387 g/mol. The molecule has 0 aliphatic rings. The minimum absolute atomic E-state index is 0.0756. The third-order valence-corrected chi connectivity index (χ3v) is 4.03. The number of ether oxygens (including phenoxy) is 3. The first-order valence-corrected chi connectivity index (χ1v) is 9.67. The van der Waals surface area contributed by atoms with Crippen LogP contribution in [0.1, 0.15) is 31.9 Å². The first kappa shape index (κ1) is 21.4. The highest BCUT2D eigenvalue weighted by molar-refractivity contribution is 5.78. The first-order valence-electron chi connectivity index (χ1n) is 9.67. The fourth-order valence-electron chi connectivity index (χ4n) is 2.78. The second-order valence-electron chi connectivity index (χ2n) is 6.16. The van der Waals surface area contributed by atoms with E-state index in [0.717, 1.165) is 22.6 Å². The fourth-order valence-corrected chi connectivity index (χ4v) is 2.78. The van der Waals surface area contributed by atoms with Crippen LogP contribution in [0.4, 0.5) is 0 Å². The molecule has 2 rings (SSSR count). The molecule has 0 aliphatic heterocycles. The average Bonchev–Trinajstić information content (AvgIpc) is 2.67. The van der Waals surface area contributed by atoms with Gasteiger partial charge in [-0.25, -0.2) is 0 Å². The Labute approximate surface area is 166 Å². The Kier molecular flexibility index (Phi) is 8.46. The molecule has 2 aromatic carbocycles. The van der Waals surface area contributed by atoms with Gasteiger partial charge in [0.15, 0.2) is 23.0 Å². The van der Waals surface area contributed by atoms with Crippen LogP contribution >= 0.6 is 0 Å². The summed E-state index contributed by atoms with van der Waals surface area (Å²) in [5.41, 5.74) is 1.86. The molecular formula is C22H29NO5. The Morgan fingerprint density at radius 2 is 1.46 bits per heavy atom. The molecule has 0 unspecified atom stereocenters. The van der Waals surface area contributed by atoms with Crippen molar-refractivity contribution in [3.05, 3.63) is 47.5 Å². The van der Waals surface area contributed by atoms with Gasteiger partial charge in [0.1, 0.15) is 0 Å². The number of carbonyl (C=O) groups is 1. The highest BCUT2D eigenvalue weighted by atomic mass is 16.5. The number of carbonyl (C=O) groups excluding carboxylic acids is 1. The predicted octanol–water partition coefficient (Wildman–Crippen LogP) is 3.49. The second-order valence-corrected chi connectivity index (χ2v) is 6.16. The van der Waals surface area contributed by atoms with Crippen LogP contribution in [-0.2, 0) is 17.6 Å². The zero-order valence-electron chi connectivity index (χ0n) is 16.8. The molecule has 0 fully saturated rings. The molecule has 0 spiro atoms. The zero-order chi connectivity index (χ0) is 20.4. The number of benzene rings is 2. The molecule has 0 radical (unpaired) electrons. The highest BCUT2D eigenvalue weighted by Gasteiger charge is 2.09. The normalized spacial score (nSPS) is 10.4. The summed E-state index contributed by atoms with van der Waals surface area (Å²) in [6.07, 6.45) is 0.922. The third-order valence-electron chi connectivity index (χ3n) is 4.03. The van der Waals surface area contributed by atoms with Crippen LogP contribution in [0.15, 0.2) is 36.4 Å². The number of aromatic hydroxyl groups is 1. The van der Waals surface area contributed by atoms with Crippen LogP contribution in [0.25, 0.3) is 0 Å². The fraction of sp³-hybridized carbons (Fsp3) is 0.409. The minimum Gasteiger partial charge on any atom is -0.504 e. The molecule has 0 atom stereocenters. The van der Waals surface area contributed by atoms with Crippen LogP contribution in [0, 0.1) is 0 Å². The standard InChI is InChI=1S/C22H29NO5/c1-4-26-19-10-8-16(13-21(19)28-6-3)11-12-23-22(25)15-17-7-9-18(24)20(14-17)27-5-2/h7-10,13-14,24H,4-6,11-12,15H2,1-3H3,(H,23,25). The predicted molar refractivity (Wildman–Crippen MR) is 108 cm³/mol. The van der Waals surface area contributed by atoms with Gasteiger partial charge in [0.25, 0.3) is 0 Å². The quantitative estimate of drug-likeness (QED) is 0.617. The number of hydrogen-bond donors (Lipinski definition) is 2. The molecule has 0 aliphatic carbocycles. The molecule has 2 N–H and O–H groups in total. The van der Waals surface area contributed by atoms with Gasteiger partial charge in [-0.15, -0.1) is 0 Å². The maximum absolute atomic E-state index is 12.2. The number of phenols is 1. The van der Waals surface area contributed by atoms with Crippen LogP contribution in [0.5, 0.6) is 23.0 Å². The molecule has 0 saturated heterocycles. The molecule has 6 heteroatoms. The van der Waals surface area contributed by atoms with Gasteiger partial charge in [0.05, 0.1) is 26.2 Å². The van der Waals surface area contributed by atoms with Crippen molar-refractivity contribution in [2.24, 2.45) is 0 Å². The first-order chi connectivity index (χ1) is 13.6. The Morgan fingerprint density at radius 1 is 0.857 bits per heavy atom. The van der Waals surface area contributed by atoms with Crippen molar-refractivity contribution in [1.29, 1.82) is 0 Å². The summed E-state index contributed by atoms with van der Waals surface area (Å²) in [7, 11) is 0. The van der Waals surface area contributed by atoms with Crippen LogP contribution < -0.4 is 19.5 Å². The van der Waals surface area contributed by atoms with Crippen LogP contribution in [0.3, 0.4) is 0 Å². The second kappa shape index (κ2) is 11.1. The van der Waals surface area contributed by atoms with E-state index in [1.54, 1.807) is 18.2 Å². The lowest BCUT2D eigenvalue weighted by atomic mass is 10.1. The Bertz CT molecular complexity index is 776. The van der Waals surface area contributed by atoms with E-state index in [-0.39, 0.29) is 18.1 Å². The van der Waals surface area contributed by atoms with Gasteiger partial charge in [0, 0.05) is 6.54 Å². The Morgan fingerprint density at radius 3 is 2.18 bits per heavy atom. The third kappa shape index (κ3) is 6.37. The van der Waals surface area contributed by atoms with Gasteiger partial charge in [0.2, 0.25) is 5.91 Å². The number of phenolic OH excluding ortho intramolecular Hbond substituents is 1. The SMILES string of the molecule is CCOc1cc(CC(=O)NCCc2ccc(OCC)c(OCC)c2)ccc1O. The van der Waals surface area contributed by atoms with Gasteiger partial charge < -0.3 is 24.6 Å². The van der Waals surface area contributed by atoms with E-state index in [4.69, 9.17) is 14.2 Å². The largest absolute Gasteiger partial charge is 0.504 e. The maximum Gasteiger partial charge on any atom is 0.224 e. The van der Waals surface area contributed by atoms with E-state index in [2.05, 4.69) is 5.32 Å². The van der Waals surface area contributed by atoms with Crippen molar-refractivity contribution in [3.63, 3.8) is 0 Å². The van der Waals surface area contributed by atoms with Gasteiger partial charge in [-0.2, -0.15) is 0 Å².